The quantitative estimate of drug-likeness (QED) is 0.867. The highest BCUT2D eigenvalue weighted by molar-refractivity contribution is 5.48. The van der Waals surface area contributed by atoms with Crippen LogP contribution in [0.25, 0.3) is 5.65 Å². The SMILES string of the molecule is CC.CCOc1nn2c(C)nnc2cc1C12CCC(CC1)C2. The Morgan fingerprint density at radius 2 is 2.00 bits per heavy atom. The van der Waals surface area contributed by atoms with E-state index >= 15 is 0 Å². The fourth-order valence-electron chi connectivity index (χ4n) is 4.12. The molecule has 0 amide bonds. The number of ether oxygens (including phenoxy) is 1. The summed E-state index contributed by atoms with van der Waals surface area (Å²) in [6.45, 7) is 8.58. The van der Waals surface area contributed by atoms with Gasteiger partial charge < -0.3 is 4.74 Å². The molecule has 120 valence electrons. The Kier molecular flexibility index (Phi) is 4.06. The van der Waals surface area contributed by atoms with Crippen LogP contribution in [0.2, 0.25) is 0 Å². The van der Waals surface area contributed by atoms with Crippen molar-refractivity contribution in [1.82, 2.24) is 19.8 Å². The Morgan fingerprint density at radius 1 is 1.27 bits per heavy atom. The second-order valence-corrected chi connectivity index (χ2v) is 6.24. The average Bonchev–Trinajstić information content (AvgIpc) is 3.25. The second kappa shape index (κ2) is 5.86. The van der Waals surface area contributed by atoms with E-state index in [-0.39, 0.29) is 5.41 Å². The first-order chi connectivity index (χ1) is 10.7. The third kappa shape index (κ3) is 2.27. The minimum absolute atomic E-state index is 0.282. The fraction of sp³-hybridized carbons (Fsp3) is 0.706. The second-order valence-electron chi connectivity index (χ2n) is 6.24. The molecule has 2 heterocycles. The molecule has 2 aromatic rings. The number of aromatic nitrogens is 4. The zero-order chi connectivity index (χ0) is 15.7. The van der Waals surface area contributed by atoms with Crippen molar-refractivity contribution in [3.05, 3.63) is 17.5 Å². The van der Waals surface area contributed by atoms with Gasteiger partial charge in [0.2, 0.25) is 5.88 Å². The molecule has 4 rings (SSSR count). The van der Waals surface area contributed by atoms with Crippen LogP contribution in [0, 0.1) is 12.8 Å². The molecule has 0 saturated heterocycles. The summed E-state index contributed by atoms with van der Waals surface area (Å²) < 4.78 is 7.62. The zero-order valence-corrected chi connectivity index (χ0v) is 14.1. The van der Waals surface area contributed by atoms with Crippen LogP contribution in [0.15, 0.2) is 6.07 Å². The fourth-order valence-corrected chi connectivity index (χ4v) is 4.12. The van der Waals surface area contributed by atoms with Crippen LogP contribution in [-0.2, 0) is 5.41 Å². The summed E-state index contributed by atoms with van der Waals surface area (Å²) in [4.78, 5) is 0. The van der Waals surface area contributed by atoms with Gasteiger partial charge in [0, 0.05) is 11.0 Å². The van der Waals surface area contributed by atoms with Crippen molar-refractivity contribution in [2.24, 2.45) is 5.92 Å². The van der Waals surface area contributed by atoms with E-state index < -0.39 is 0 Å². The molecule has 2 bridgehead atoms. The van der Waals surface area contributed by atoms with Crippen molar-refractivity contribution < 1.29 is 4.74 Å². The molecule has 0 aliphatic heterocycles. The molecule has 0 N–H and O–H groups in total. The molecule has 22 heavy (non-hydrogen) atoms. The van der Waals surface area contributed by atoms with Gasteiger partial charge >= 0.3 is 0 Å². The van der Waals surface area contributed by atoms with Crippen LogP contribution in [0.4, 0.5) is 0 Å². The van der Waals surface area contributed by atoms with Crippen LogP contribution >= 0.6 is 0 Å². The summed E-state index contributed by atoms with van der Waals surface area (Å²) >= 11 is 0. The zero-order valence-electron chi connectivity index (χ0n) is 14.1. The molecule has 5 heteroatoms. The Morgan fingerprint density at radius 3 is 2.59 bits per heavy atom. The lowest BCUT2D eigenvalue weighted by Crippen LogP contribution is -2.22. The summed E-state index contributed by atoms with van der Waals surface area (Å²) in [5.74, 6) is 2.49. The first-order valence-corrected chi connectivity index (χ1v) is 8.58. The maximum absolute atomic E-state index is 5.84. The molecule has 2 aromatic heterocycles. The maximum atomic E-state index is 5.84. The molecule has 5 nitrogen and oxygen atoms in total. The molecule has 0 unspecified atom stereocenters. The molecule has 2 saturated carbocycles. The third-order valence-electron chi connectivity index (χ3n) is 5.11. The average molecular weight is 302 g/mol. The Bertz CT molecular complexity index is 656. The van der Waals surface area contributed by atoms with Gasteiger partial charge in [0.15, 0.2) is 11.5 Å². The van der Waals surface area contributed by atoms with E-state index in [0.29, 0.717) is 6.61 Å². The molecule has 2 fully saturated rings. The highest BCUT2D eigenvalue weighted by Gasteiger charge is 2.47. The van der Waals surface area contributed by atoms with E-state index in [1.54, 1.807) is 4.52 Å². The lowest BCUT2D eigenvalue weighted by molar-refractivity contribution is 0.301. The molecule has 0 radical (unpaired) electrons. The molecule has 0 spiro atoms. The van der Waals surface area contributed by atoms with Crippen LogP contribution in [0.3, 0.4) is 0 Å². The van der Waals surface area contributed by atoms with Crippen molar-refractivity contribution >= 4 is 5.65 Å². The van der Waals surface area contributed by atoms with Gasteiger partial charge in [-0.25, -0.2) is 0 Å². The molecule has 2 aliphatic carbocycles. The van der Waals surface area contributed by atoms with E-state index in [9.17, 15) is 0 Å². The van der Waals surface area contributed by atoms with E-state index in [2.05, 4.69) is 21.4 Å². The van der Waals surface area contributed by atoms with Gasteiger partial charge in [0.1, 0.15) is 0 Å². The van der Waals surface area contributed by atoms with Crippen LogP contribution < -0.4 is 4.74 Å². The lowest BCUT2D eigenvalue weighted by atomic mass is 9.78. The van der Waals surface area contributed by atoms with Gasteiger partial charge in [-0.3, -0.25) is 0 Å². The molecule has 2 aliphatic rings. The summed E-state index contributed by atoms with van der Waals surface area (Å²) in [7, 11) is 0. The van der Waals surface area contributed by atoms with Gasteiger partial charge in [-0.2, -0.15) is 4.52 Å². The van der Waals surface area contributed by atoms with Crippen LogP contribution in [0.1, 0.15) is 64.3 Å². The number of rotatable bonds is 3. The molecular weight excluding hydrogens is 276 g/mol. The van der Waals surface area contributed by atoms with Gasteiger partial charge in [-0.15, -0.1) is 15.3 Å². The molecule has 0 aromatic carbocycles. The first kappa shape index (κ1) is 15.3. The van der Waals surface area contributed by atoms with E-state index in [1.165, 1.54) is 37.7 Å². The van der Waals surface area contributed by atoms with Gasteiger partial charge in [-0.05, 0) is 57.9 Å². The van der Waals surface area contributed by atoms with Crippen LogP contribution in [-0.4, -0.2) is 26.4 Å². The number of hydrogen-bond acceptors (Lipinski definition) is 4. The number of hydrogen-bond donors (Lipinski definition) is 0. The number of fused-ring (bicyclic) bond motifs is 3. The highest BCUT2D eigenvalue weighted by Crippen LogP contribution is 2.56. The summed E-state index contributed by atoms with van der Waals surface area (Å²) in [6, 6.07) is 2.16. The highest BCUT2D eigenvalue weighted by atomic mass is 16.5. The topological polar surface area (TPSA) is 52.3 Å². The number of aryl methyl sites for hydroxylation is 1. The van der Waals surface area contributed by atoms with Gasteiger partial charge in [0.05, 0.1) is 6.61 Å². The van der Waals surface area contributed by atoms with Crippen molar-refractivity contribution in [3.8, 4) is 5.88 Å². The third-order valence-corrected chi connectivity index (χ3v) is 5.11. The Balaban J connectivity index is 0.000000693. The minimum atomic E-state index is 0.282. The van der Waals surface area contributed by atoms with E-state index in [0.717, 1.165) is 23.3 Å². The molecule has 0 atom stereocenters. The van der Waals surface area contributed by atoms with Gasteiger partial charge in [-0.1, -0.05) is 13.8 Å². The van der Waals surface area contributed by atoms with E-state index in [4.69, 9.17) is 4.74 Å². The number of nitrogens with zero attached hydrogens (tertiary/aromatic N) is 4. The van der Waals surface area contributed by atoms with Crippen molar-refractivity contribution in [1.29, 1.82) is 0 Å². The largest absolute Gasteiger partial charge is 0.477 e. The summed E-state index contributed by atoms with van der Waals surface area (Å²) in [5.41, 5.74) is 2.38. The Hall–Kier alpha value is -1.65. The minimum Gasteiger partial charge on any atom is -0.477 e. The van der Waals surface area contributed by atoms with E-state index in [1.807, 2.05) is 27.7 Å². The van der Waals surface area contributed by atoms with Crippen LogP contribution in [0.5, 0.6) is 5.88 Å². The molecular formula is C17H26N4O. The lowest BCUT2D eigenvalue weighted by Gasteiger charge is -2.28. The van der Waals surface area contributed by atoms with Crippen molar-refractivity contribution in [2.45, 2.75) is 65.2 Å². The smallest absolute Gasteiger partial charge is 0.235 e. The van der Waals surface area contributed by atoms with Crippen molar-refractivity contribution in [2.75, 3.05) is 6.61 Å². The standard InChI is InChI=1S/C15H20N4O.C2H6/c1-3-20-14-12(15-6-4-11(9-15)5-7-15)8-13-17-16-10(2)19(13)18-14;1-2/h8,11H,3-7,9H2,1-2H3;1-2H3. The summed E-state index contributed by atoms with van der Waals surface area (Å²) in [6.07, 6.45) is 6.52. The maximum Gasteiger partial charge on any atom is 0.235 e. The first-order valence-electron chi connectivity index (χ1n) is 8.58. The Labute approximate surface area is 132 Å². The monoisotopic (exact) mass is 302 g/mol. The predicted molar refractivity (Wildman–Crippen MR) is 86.3 cm³/mol. The van der Waals surface area contributed by atoms with Gasteiger partial charge in [0.25, 0.3) is 0 Å². The normalized spacial score (nSPS) is 26.1. The predicted octanol–water partition coefficient (Wildman–Crippen LogP) is 3.69. The summed E-state index contributed by atoms with van der Waals surface area (Å²) in [5, 5.41) is 13.0. The van der Waals surface area contributed by atoms with Crippen molar-refractivity contribution in [3.63, 3.8) is 0 Å².